The summed E-state index contributed by atoms with van der Waals surface area (Å²) in [4.78, 5) is 25.1. The predicted molar refractivity (Wildman–Crippen MR) is 65.8 cm³/mol. The lowest BCUT2D eigenvalue weighted by atomic mass is 10.1. The summed E-state index contributed by atoms with van der Waals surface area (Å²) < 4.78 is 12.8. The molecule has 4 heteroatoms. The fourth-order valence-corrected chi connectivity index (χ4v) is 2.41. The van der Waals surface area contributed by atoms with Crippen molar-refractivity contribution in [2.75, 3.05) is 6.54 Å². The number of halogens is 1. The first-order chi connectivity index (χ1) is 8.58. The van der Waals surface area contributed by atoms with Crippen LogP contribution in [0.5, 0.6) is 0 Å². The van der Waals surface area contributed by atoms with E-state index in [1.807, 2.05) is 0 Å². The van der Waals surface area contributed by atoms with Crippen molar-refractivity contribution in [3.63, 3.8) is 0 Å². The summed E-state index contributed by atoms with van der Waals surface area (Å²) >= 11 is 0. The van der Waals surface area contributed by atoms with E-state index < -0.39 is 0 Å². The average Bonchev–Trinajstić information content (AvgIpc) is 2.76. The zero-order chi connectivity index (χ0) is 13.1. The summed E-state index contributed by atoms with van der Waals surface area (Å²) in [6.45, 7) is 2.22. The first-order valence-electron chi connectivity index (χ1n) is 6.14. The summed E-state index contributed by atoms with van der Waals surface area (Å²) in [5, 5.41) is 0. The van der Waals surface area contributed by atoms with Crippen molar-refractivity contribution in [1.82, 2.24) is 4.90 Å². The SMILES string of the molecule is CC(=O)CC1CCCN1C(=O)c1ccc(F)cc1. The zero-order valence-corrected chi connectivity index (χ0v) is 10.4. The maximum Gasteiger partial charge on any atom is 0.254 e. The van der Waals surface area contributed by atoms with Gasteiger partial charge in [0.05, 0.1) is 0 Å². The van der Waals surface area contributed by atoms with Crippen LogP contribution < -0.4 is 0 Å². The van der Waals surface area contributed by atoms with Crippen LogP contribution in [0.2, 0.25) is 0 Å². The number of rotatable bonds is 3. The fourth-order valence-electron chi connectivity index (χ4n) is 2.41. The van der Waals surface area contributed by atoms with Crippen LogP contribution in [-0.4, -0.2) is 29.2 Å². The molecular weight excluding hydrogens is 233 g/mol. The van der Waals surface area contributed by atoms with Gasteiger partial charge in [-0.1, -0.05) is 0 Å². The van der Waals surface area contributed by atoms with Gasteiger partial charge in [-0.3, -0.25) is 9.59 Å². The van der Waals surface area contributed by atoms with E-state index in [1.165, 1.54) is 24.3 Å². The number of nitrogens with zero attached hydrogens (tertiary/aromatic N) is 1. The van der Waals surface area contributed by atoms with Crippen LogP contribution in [0.15, 0.2) is 24.3 Å². The lowest BCUT2D eigenvalue weighted by Crippen LogP contribution is -2.36. The molecule has 0 radical (unpaired) electrons. The van der Waals surface area contributed by atoms with Crippen molar-refractivity contribution in [2.24, 2.45) is 0 Å². The molecule has 1 atom stereocenters. The van der Waals surface area contributed by atoms with E-state index in [-0.39, 0.29) is 23.5 Å². The molecule has 0 aromatic heterocycles. The Hall–Kier alpha value is -1.71. The molecule has 1 aromatic rings. The number of Topliss-reactive ketones (excluding diaryl/α,β-unsaturated/α-hetero) is 1. The lowest BCUT2D eigenvalue weighted by Gasteiger charge is -2.24. The Morgan fingerprint density at radius 2 is 2.00 bits per heavy atom. The molecule has 1 unspecified atom stereocenters. The highest BCUT2D eigenvalue weighted by molar-refractivity contribution is 5.95. The Labute approximate surface area is 106 Å². The van der Waals surface area contributed by atoms with E-state index in [0.29, 0.717) is 18.5 Å². The summed E-state index contributed by atoms with van der Waals surface area (Å²) in [6, 6.07) is 5.54. The molecule has 0 saturated carbocycles. The summed E-state index contributed by atoms with van der Waals surface area (Å²) in [6.07, 6.45) is 2.20. The van der Waals surface area contributed by atoms with Gasteiger partial charge in [-0.05, 0) is 44.0 Å². The minimum atomic E-state index is -0.353. The van der Waals surface area contributed by atoms with Gasteiger partial charge in [0.2, 0.25) is 0 Å². The van der Waals surface area contributed by atoms with E-state index in [2.05, 4.69) is 0 Å². The number of likely N-dealkylation sites (tertiary alicyclic amines) is 1. The van der Waals surface area contributed by atoms with Crippen LogP contribution in [0.25, 0.3) is 0 Å². The molecule has 0 bridgehead atoms. The number of carbonyl (C=O) groups excluding carboxylic acids is 2. The Morgan fingerprint density at radius 3 is 2.61 bits per heavy atom. The summed E-state index contributed by atoms with van der Waals surface area (Å²) in [5.74, 6) is -0.370. The van der Waals surface area contributed by atoms with Crippen molar-refractivity contribution < 1.29 is 14.0 Å². The molecule has 0 spiro atoms. The lowest BCUT2D eigenvalue weighted by molar-refractivity contribution is -0.117. The molecule has 1 fully saturated rings. The van der Waals surface area contributed by atoms with Crippen LogP contribution >= 0.6 is 0 Å². The zero-order valence-electron chi connectivity index (χ0n) is 10.4. The van der Waals surface area contributed by atoms with Gasteiger partial charge in [-0.25, -0.2) is 4.39 Å². The third-order valence-electron chi connectivity index (χ3n) is 3.25. The monoisotopic (exact) mass is 249 g/mol. The molecule has 2 rings (SSSR count). The normalized spacial score (nSPS) is 19.0. The number of hydrogen-bond donors (Lipinski definition) is 0. The van der Waals surface area contributed by atoms with Crippen LogP contribution in [0.3, 0.4) is 0 Å². The maximum absolute atomic E-state index is 12.8. The third kappa shape index (κ3) is 2.75. The minimum Gasteiger partial charge on any atom is -0.335 e. The highest BCUT2D eigenvalue weighted by Gasteiger charge is 2.29. The molecule has 1 saturated heterocycles. The van der Waals surface area contributed by atoms with Crippen LogP contribution in [0.4, 0.5) is 4.39 Å². The van der Waals surface area contributed by atoms with Gasteiger partial charge in [-0.2, -0.15) is 0 Å². The molecule has 1 aliphatic rings. The first-order valence-corrected chi connectivity index (χ1v) is 6.14. The van der Waals surface area contributed by atoms with Gasteiger partial charge < -0.3 is 4.90 Å². The van der Waals surface area contributed by atoms with Crippen molar-refractivity contribution in [3.05, 3.63) is 35.6 Å². The molecule has 1 heterocycles. The molecule has 0 N–H and O–H groups in total. The Balaban J connectivity index is 2.12. The van der Waals surface area contributed by atoms with E-state index in [4.69, 9.17) is 0 Å². The smallest absolute Gasteiger partial charge is 0.254 e. The second kappa shape index (κ2) is 5.29. The molecule has 1 aromatic carbocycles. The van der Waals surface area contributed by atoms with Crippen molar-refractivity contribution >= 4 is 11.7 Å². The highest BCUT2D eigenvalue weighted by atomic mass is 19.1. The van der Waals surface area contributed by atoms with Crippen molar-refractivity contribution in [1.29, 1.82) is 0 Å². The quantitative estimate of drug-likeness (QED) is 0.825. The molecule has 1 aliphatic heterocycles. The summed E-state index contributed by atoms with van der Waals surface area (Å²) in [7, 11) is 0. The molecule has 96 valence electrons. The van der Waals surface area contributed by atoms with E-state index in [1.54, 1.807) is 11.8 Å². The number of ketones is 1. The van der Waals surface area contributed by atoms with Gasteiger partial charge in [0.25, 0.3) is 5.91 Å². The number of carbonyl (C=O) groups is 2. The minimum absolute atomic E-state index is 0.0000491. The summed E-state index contributed by atoms with van der Waals surface area (Å²) in [5.41, 5.74) is 0.479. The first kappa shape index (κ1) is 12.7. The van der Waals surface area contributed by atoms with E-state index in [9.17, 15) is 14.0 Å². The Morgan fingerprint density at radius 1 is 1.33 bits per heavy atom. The molecular formula is C14H16FNO2. The van der Waals surface area contributed by atoms with Gasteiger partial charge in [0.1, 0.15) is 11.6 Å². The average molecular weight is 249 g/mol. The predicted octanol–water partition coefficient (Wildman–Crippen LogP) is 2.41. The largest absolute Gasteiger partial charge is 0.335 e. The number of hydrogen-bond acceptors (Lipinski definition) is 2. The molecule has 0 aliphatic carbocycles. The second-order valence-electron chi connectivity index (χ2n) is 4.71. The van der Waals surface area contributed by atoms with E-state index >= 15 is 0 Å². The molecule has 3 nitrogen and oxygen atoms in total. The topological polar surface area (TPSA) is 37.4 Å². The van der Waals surface area contributed by atoms with Crippen LogP contribution in [0.1, 0.15) is 36.5 Å². The van der Waals surface area contributed by atoms with E-state index in [0.717, 1.165) is 12.8 Å². The van der Waals surface area contributed by atoms with Gasteiger partial charge >= 0.3 is 0 Å². The molecule has 1 amide bonds. The van der Waals surface area contributed by atoms with Crippen molar-refractivity contribution in [2.45, 2.75) is 32.2 Å². The Kier molecular flexibility index (Phi) is 3.75. The maximum atomic E-state index is 12.8. The second-order valence-corrected chi connectivity index (χ2v) is 4.71. The Bertz CT molecular complexity index is 455. The molecule has 18 heavy (non-hydrogen) atoms. The fraction of sp³-hybridized carbons (Fsp3) is 0.429. The highest BCUT2D eigenvalue weighted by Crippen LogP contribution is 2.22. The van der Waals surface area contributed by atoms with Crippen LogP contribution in [0, 0.1) is 5.82 Å². The number of benzene rings is 1. The van der Waals surface area contributed by atoms with Gasteiger partial charge in [-0.15, -0.1) is 0 Å². The standard InChI is InChI=1S/C14H16FNO2/c1-10(17)9-13-3-2-8-16(13)14(18)11-4-6-12(15)7-5-11/h4-7,13H,2-3,8-9H2,1H3. The van der Waals surface area contributed by atoms with Gasteiger partial charge in [0.15, 0.2) is 0 Å². The van der Waals surface area contributed by atoms with Crippen LogP contribution in [-0.2, 0) is 4.79 Å². The van der Waals surface area contributed by atoms with Crippen molar-refractivity contribution in [3.8, 4) is 0 Å². The van der Waals surface area contributed by atoms with Gasteiger partial charge in [0, 0.05) is 24.6 Å². The number of amides is 1. The third-order valence-corrected chi connectivity index (χ3v) is 3.25.